The predicted octanol–water partition coefficient (Wildman–Crippen LogP) is 3.04. The van der Waals surface area contributed by atoms with Crippen molar-refractivity contribution in [2.24, 2.45) is 0 Å². The molecule has 0 spiro atoms. The summed E-state index contributed by atoms with van der Waals surface area (Å²) in [6, 6.07) is 4.44. The maximum atomic E-state index is 8.89. The van der Waals surface area contributed by atoms with Gasteiger partial charge in [0.05, 0.1) is 0 Å². The largest absolute Gasteiger partial charge is 0.550 e. The smallest absolute Gasteiger partial charge is 0.171 e. The van der Waals surface area contributed by atoms with Crippen LogP contribution in [-0.2, 0) is 17.8 Å². The molecule has 0 saturated carbocycles. The fourth-order valence-corrected chi connectivity index (χ4v) is 2.14. The highest BCUT2D eigenvalue weighted by atomic mass is 16.4. The van der Waals surface area contributed by atoms with Crippen LogP contribution in [0.25, 0.3) is 0 Å². The number of nitrogens with zero attached hydrogens (tertiary/aromatic N) is 1. The van der Waals surface area contributed by atoms with Gasteiger partial charge in [-0.15, -0.1) is 0 Å². The molecule has 3 heteroatoms. The average molecular weight is 293 g/mol. The molecule has 0 radical (unpaired) electrons. The van der Waals surface area contributed by atoms with Gasteiger partial charge in [0.25, 0.3) is 0 Å². The highest BCUT2D eigenvalue weighted by Gasteiger charge is 2.02. The zero-order valence-electron chi connectivity index (χ0n) is 13.9. The summed E-state index contributed by atoms with van der Waals surface area (Å²) in [5.74, 6) is -1.08. The first kappa shape index (κ1) is 19.6. The Kier molecular flexibility index (Phi) is 12.7. The fraction of sp³-hybridized carbons (Fsp3) is 0.667. The number of rotatable bonds is 9. The van der Waals surface area contributed by atoms with E-state index in [2.05, 4.69) is 42.9 Å². The first-order valence-electron chi connectivity index (χ1n) is 8.25. The summed E-state index contributed by atoms with van der Waals surface area (Å²) in [5.41, 5.74) is 1.49. The summed E-state index contributed by atoms with van der Waals surface area (Å²) in [7, 11) is 0. The molecule has 0 bridgehead atoms. The lowest BCUT2D eigenvalue weighted by Crippen LogP contribution is -2.33. The van der Waals surface area contributed by atoms with Crippen LogP contribution >= 0.6 is 0 Å². The Morgan fingerprint density at radius 2 is 1.71 bits per heavy atom. The van der Waals surface area contributed by atoms with Gasteiger partial charge in [-0.05, 0) is 32.3 Å². The Bertz CT molecular complexity index is 373. The Morgan fingerprint density at radius 3 is 2.33 bits per heavy atom. The van der Waals surface area contributed by atoms with Crippen molar-refractivity contribution in [3.05, 3.63) is 30.1 Å². The normalized spacial score (nSPS) is 9.86. The Morgan fingerprint density at radius 1 is 1.10 bits per heavy atom. The number of carbonyl (C=O) groups excluding carboxylic acids is 1. The molecule has 0 aliphatic carbocycles. The monoisotopic (exact) mass is 293 g/mol. The number of aryl methyl sites for hydroxylation is 2. The first-order chi connectivity index (χ1) is 10.1. The molecule has 0 aliphatic heterocycles. The number of aromatic nitrogens is 1. The molecule has 0 atom stereocenters. The second-order valence-electron chi connectivity index (χ2n) is 5.46. The minimum Gasteiger partial charge on any atom is -0.550 e. The van der Waals surface area contributed by atoms with Crippen LogP contribution in [0.4, 0.5) is 0 Å². The Labute approximate surface area is 130 Å². The minimum absolute atomic E-state index is 0.972. The number of carboxylic acid groups (broad SMARTS) is 1. The highest BCUT2D eigenvalue weighted by molar-refractivity contribution is 5.60. The lowest BCUT2D eigenvalue weighted by atomic mass is 10.1. The molecule has 1 aromatic heterocycles. The van der Waals surface area contributed by atoms with Crippen molar-refractivity contribution in [3.8, 4) is 0 Å². The topological polar surface area (TPSA) is 44.0 Å². The van der Waals surface area contributed by atoms with Crippen molar-refractivity contribution in [1.29, 1.82) is 0 Å². The number of unbranched alkanes of at least 4 members (excludes halogenated alkanes) is 5. The van der Waals surface area contributed by atoms with Crippen molar-refractivity contribution >= 4 is 5.97 Å². The van der Waals surface area contributed by atoms with E-state index in [1.807, 2.05) is 0 Å². The zero-order chi connectivity index (χ0) is 15.9. The first-order valence-corrected chi connectivity index (χ1v) is 8.25. The lowest BCUT2D eigenvalue weighted by Gasteiger charge is -2.01. The molecule has 0 saturated heterocycles. The summed E-state index contributed by atoms with van der Waals surface area (Å²) in [4.78, 5) is 8.89. The summed E-state index contributed by atoms with van der Waals surface area (Å²) >= 11 is 0. The minimum atomic E-state index is -1.08. The second-order valence-corrected chi connectivity index (χ2v) is 5.46. The number of hydrogen-bond donors (Lipinski definition) is 0. The lowest BCUT2D eigenvalue weighted by molar-refractivity contribution is -0.697. The van der Waals surface area contributed by atoms with E-state index in [0.29, 0.717) is 0 Å². The molecule has 1 heterocycles. The van der Waals surface area contributed by atoms with Gasteiger partial charge in [0.15, 0.2) is 12.4 Å². The van der Waals surface area contributed by atoms with Crippen molar-refractivity contribution in [2.45, 2.75) is 78.7 Å². The molecule has 3 nitrogen and oxygen atoms in total. The number of aliphatic carboxylic acids is 1. The SMILES string of the molecule is CC(=O)[O-].CCCCCCC[n+]1cccc(CCCC)c1. The van der Waals surface area contributed by atoms with Crippen LogP contribution in [0, 0.1) is 0 Å². The summed E-state index contributed by atoms with van der Waals surface area (Å²) < 4.78 is 2.36. The van der Waals surface area contributed by atoms with Crippen molar-refractivity contribution in [1.82, 2.24) is 0 Å². The quantitative estimate of drug-likeness (QED) is 0.519. The van der Waals surface area contributed by atoms with Gasteiger partial charge in [0.2, 0.25) is 0 Å². The number of carbonyl (C=O) groups is 1. The van der Waals surface area contributed by atoms with Crippen molar-refractivity contribution < 1.29 is 14.5 Å². The van der Waals surface area contributed by atoms with Crippen molar-refractivity contribution in [3.63, 3.8) is 0 Å². The maximum Gasteiger partial charge on any atom is 0.171 e. The van der Waals surface area contributed by atoms with E-state index < -0.39 is 5.97 Å². The van der Waals surface area contributed by atoms with Crippen LogP contribution in [0.5, 0.6) is 0 Å². The van der Waals surface area contributed by atoms with Gasteiger partial charge in [-0.1, -0.05) is 39.5 Å². The molecular weight excluding hydrogens is 262 g/mol. The van der Waals surface area contributed by atoms with Gasteiger partial charge in [0.1, 0.15) is 6.54 Å². The van der Waals surface area contributed by atoms with Crippen LogP contribution < -0.4 is 9.67 Å². The molecule has 1 aromatic rings. The van der Waals surface area contributed by atoms with E-state index in [-0.39, 0.29) is 0 Å². The van der Waals surface area contributed by atoms with E-state index in [9.17, 15) is 0 Å². The van der Waals surface area contributed by atoms with Gasteiger partial charge in [-0.3, -0.25) is 0 Å². The van der Waals surface area contributed by atoms with E-state index in [1.54, 1.807) is 0 Å². The van der Waals surface area contributed by atoms with Gasteiger partial charge < -0.3 is 9.90 Å². The number of pyridine rings is 1. The summed E-state index contributed by atoms with van der Waals surface area (Å²) in [6.07, 6.45) is 15.2. The van der Waals surface area contributed by atoms with E-state index in [1.165, 1.54) is 63.5 Å². The van der Waals surface area contributed by atoms with E-state index in [0.717, 1.165) is 6.92 Å². The third-order valence-corrected chi connectivity index (χ3v) is 3.26. The Hall–Kier alpha value is -1.38. The van der Waals surface area contributed by atoms with Crippen LogP contribution in [0.3, 0.4) is 0 Å². The molecular formula is C18H31NO2. The maximum absolute atomic E-state index is 8.89. The van der Waals surface area contributed by atoms with E-state index in [4.69, 9.17) is 9.90 Å². The van der Waals surface area contributed by atoms with Crippen LogP contribution in [-0.4, -0.2) is 5.97 Å². The molecule has 120 valence electrons. The fourth-order valence-electron chi connectivity index (χ4n) is 2.14. The van der Waals surface area contributed by atoms with E-state index >= 15 is 0 Å². The van der Waals surface area contributed by atoms with Gasteiger partial charge in [-0.2, -0.15) is 0 Å². The highest BCUT2D eigenvalue weighted by Crippen LogP contribution is 2.04. The molecule has 0 N–H and O–H groups in total. The van der Waals surface area contributed by atoms with Crippen LogP contribution in [0.1, 0.15) is 71.3 Å². The molecule has 0 fully saturated rings. The van der Waals surface area contributed by atoms with Gasteiger partial charge in [0, 0.05) is 24.0 Å². The zero-order valence-corrected chi connectivity index (χ0v) is 13.9. The third-order valence-electron chi connectivity index (χ3n) is 3.26. The predicted molar refractivity (Wildman–Crippen MR) is 84.7 cm³/mol. The number of hydrogen-bond acceptors (Lipinski definition) is 2. The van der Waals surface area contributed by atoms with Gasteiger partial charge in [-0.25, -0.2) is 4.57 Å². The number of carboxylic acids is 1. The standard InChI is InChI=1S/C16H28N.C2H4O2/c1-3-5-7-8-9-13-17-14-10-12-16(15-17)11-6-4-2;1-2(3)4/h10,12,14-15H,3-9,11,13H2,1-2H3;1H3,(H,3,4)/q+1;/p-1. The van der Waals surface area contributed by atoms with Crippen molar-refractivity contribution in [2.75, 3.05) is 0 Å². The summed E-state index contributed by atoms with van der Waals surface area (Å²) in [5, 5.41) is 8.89. The third kappa shape index (κ3) is 13.4. The molecule has 0 amide bonds. The second kappa shape index (κ2) is 13.6. The van der Waals surface area contributed by atoms with Crippen LogP contribution in [0.2, 0.25) is 0 Å². The molecule has 0 unspecified atom stereocenters. The molecule has 1 rings (SSSR count). The summed E-state index contributed by atoms with van der Waals surface area (Å²) in [6.45, 7) is 6.68. The van der Waals surface area contributed by atoms with Gasteiger partial charge >= 0.3 is 0 Å². The average Bonchev–Trinajstić information content (AvgIpc) is 2.45. The molecule has 0 aliphatic rings. The molecule has 21 heavy (non-hydrogen) atoms. The van der Waals surface area contributed by atoms with Crippen LogP contribution in [0.15, 0.2) is 24.5 Å². The Balaban J connectivity index is 0.000000885. The molecule has 0 aromatic carbocycles.